The number of carbonyl (C=O) groups is 1. The van der Waals surface area contributed by atoms with Crippen molar-refractivity contribution in [2.24, 2.45) is 5.73 Å². The lowest BCUT2D eigenvalue weighted by atomic mass is 10.8. The van der Waals surface area contributed by atoms with Gasteiger partial charge < -0.3 is 10.5 Å². The van der Waals surface area contributed by atoms with Crippen LogP contribution in [0.4, 0.5) is 0 Å². The van der Waals surface area contributed by atoms with E-state index in [1.807, 2.05) is 0 Å². The molecular formula is C4H9NO2. The van der Waals surface area contributed by atoms with Gasteiger partial charge in [0.05, 0.1) is 13.2 Å². The number of esters is 1. The monoisotopic (exact) mass is 104 g/mol. The van der Waals surface area contributed by atoms with E-state index in [0.29, 0.717) is 6.61 Å². The number of nitrogens with two attached hydrogens (primary N) is 1. The van der Waals surface area contributed by atoms with Gasteiger partial charge in [-0.2, -0.15) is 0 Å². The lowest BCUT2D eigenvalue weighted by molar-refractivity contribution is -0.141. The van der Waals surface area contributed by atoms with Gasteiger partial charge in [-0.1, -0.05) is 0 Å². The van der Waals surface area contributed by atoms with Gasteiger partial charge in [-0.05, 0) is 6.92 Å². The molecule has 0 spiro atoms. The Hall–Kier alpha value is -0.570. The Balaban J connectivity index is 3.00. The standard InChI is InChI=1S/C4H9NO2/c1-2-7-4(6)3-5/h2-3,5H2,1H3/i3+1. The molecule has 0 aliphatic carbocycles. The van der Waals surface area contributed by atoms with E-state index in [9.17, 15) is 4.79 Å². The molecule has 3 nitrogen and oxygen atoms in total. The molecule has 42 valence electrons. The van der Waals surface area contributed by atoms with Gasteiger partial charge in [0, 0.05) is 0 Å². The molecule has 0 aliphatic heterocycles. The number of carbonyl (C=O) groups excluding carboxylic acids is 1. The molecule has 0 radical (unpaired) electrons. The van der Waals surface area contributed by atoms with Gasteiger partial charge in [-0.25, -0.2) is 0 Å². The van der Waals surface area contributed by atoms with Crippen molar-refractivity contribution in [1.82, 2.24) is 0 Å². The zero-order valence-corrected chi connectivity index (χ0v) is 4.31. The highest BCUT2D eigenvalue weighted by molar-refractivity contribution is 5.71. The molecule has 0 atom stereocenters. The van der Waals surface area contributed by atoms with Crippen molar-refractivity contribution in [2.45, 2.75) is 6.92 Å². The van der Waals surface area contributed by atoms with E-state index in [-0.39, 0.29) is 12.5 Å². The van der Waals surface area contributed by atoms with E-state index in [4.69, 9.17) is 5.73 Å². The average Bonchev–Trinajstić information content (AvgIpc) is 1.68. The van der Waals surface area contributed by atoms with E-state index in [0.717, 1.165) is 0 Å². The molecule has 0 bridgehead atoms. The van der Waals surface area contributed by atoms with Crippen LogP contribution in [0.25, 0.3) is 0 Å². The van der Waals surface area contributed by atoms with Gasteiger partial charge >= 0.3 is 5.97 Å². The predicted molar refractivity (Wildman–Crippen MR) is 25.7 cm³/mol. The van der Waals surface area contributed by atoms with E-state index in [2.05, 4.69) is 4.74 Å². The fourth-order valence-electron chi connectivity index (χ4n) is 0.220. The number of hydrogen-bond donors (Lipinski definition) is 1. The van der Waals surface area contributed by atoms with Crippen LogP contribution >= 0.6 is 0 Å². The van der Waals surface area contributed by atoms with Crippen LogP contribution in [0.5, 0.6) is 0 Å². The predicted octanol–water partition coefficient (Wildman–Crippen LogP) is -0.492. The van der Waals surface area contributed by atoms with E-state index >= 15 is 0 Å². The molecule has 0 heterocycles. The summed E-state index contributed by atoms with van der Waals surface area (Å²) in [7, 11) is 0. The zero-order chi connectivity index (χ0) is 5.70. The molecule has 0 aliphatic rings. The average molecular weight is 104 g/mol. The summed E-state index contributed by atoms with van der Waals surface area (Å²) in [5.41, 5.74) is 4.88. The second-order valence-corrected chi connectivity index (χ2v) is 1.01. The van der Waals surface area contributed by atoms with Crippen LogP contribution in [0.1, 0.15) is 6.92 Å². The highest BCUT2D eigenvalue weighted by Crippen LogP contribution is 1.69. The van der Waals surface area contributed by atoms with E-state index in [1.54, 1.807) is 6.92 Å². The third-order valence-corrected chi connectivity index (χ3v) is 0.472. The molecule has 0 fully saturated rings. The lowest BCUT2D eigenvalue weighted by Crippen LogP contribution is -2.16. The molecule has 0 aromatic heterocycles. The Morgan fingerprint density at radius 3 is 2.57 bits per heavy atom. The quantitative estimate of drug-likeness (QED) is 0.380. The van der Waals surface area contributed by atoms with Crippen molar-refractivity contribution < 1.29 is 9.53 Å². The van der Waals surface area contributed by atoms with Crippen LogP contribution in [-0.2, 0) is 9.53 Å². The Labute approximate surface area is 42.4 Å². The summed E-state index contributed by atoms with van der Waals surface area (Å²) in [4.78, 5) is 10.1. The van der Waals surface area contributed by atoms with Crippen molar-refractivity contribution in [3.63, 3.8) is 0 Å². The molecule has 0 rings (SSSR count). The minimum absolute atomic E-state index is 0.0200. The fraction of sp³-hybridized carbons (Fsp3) is 0.750. The third kappa shape index (κ3) is 3.26. The zero-order valence-electron chi connectivity index (χ0n) is 4.31. The number of ether oxygens (including phenoxy) is 1. The summed E-state index contributed by atoms with van der Waals surface area (Å²) in [5.74, 6) is -0.345. The van der Waals surface area contributed by atoms with Crippen molar-refractivity contribution in [3.8, 4) is 0 Å². The first-order chi connectivity index (χ1) is 3.31. The Bertz CT molecular complexity index is 62.7. The fourth-order valence-corrected chi connectivity index (χ4v) is 0.220. The van der Waals surface area contributed by atoms with Crippen LogP contribution in [-0.4, -0.2) is 19.1 Å². The summed E-state index contributed by atoms with van der Waals surface area (Å²) in [6.07, 6.45) is 0. The van der Waals surface area contributed by atoms with Gasteiger partial charge in [0.15, 0.2) is 0 Å². The summed E-state index contributed by atoms with van der Waals surface area (Å²) in [6, 6.07) is 0. The third-order valence-electron chi connectivity index (χ3n) is 0.472. The van der Waals surface area contributed by atoms with Gasteiger partial charge in [-0.15, -0.1) is 0 Å². The molecular weight excluding hydrogens is 95.0 g/mol. The number of rotatable bonds is 2. The van der Waals surface area contributed by atoms with Crippen LogP contribution in [0, 0.1) is 0 Å². The molecule has 3 heteroatoms. The molecule has 0 aromatic rings. The second kappa shape index (κ2) is 3.61. The normalized spacial score (nSPS) is 8.29. The van der Waals surface area contributed by atoms with Crippen molar-refractivity contribution >= 4 is 5.97 Å². The summed E-state index contributed by atoms with van der Waals surface area (Å²) in [6.45, 7) is 2.14. The van der Waals surface area contributed by atoms with Crippen LogP contribution in [0.3, 0.4) is 0 Å². The Morgan fingerprint density at radius 2 is 2.43 bits per heavy atom. The largest absolute Gasteiger partial charge is 0.465 e. The van der Waals surface area contributed by atoms with Gasteiger partial charge in [0.25, 0.3) is 0 Å². The van der Waals surface area contributed by atoms with Crippen molar-refractivity contribution in [3.05, 3.63) is 0 Å². The first-order valence-electron chi connectivity index (χ1n) is 2.17. The molecule has 7 heavy (non-hydrogen) atoms. The van der Waals surface area contributed by atoms with Gasteiger partial charge in [0.1, 0.15) is 0 Å². The van der Waals surface area contributed by atoms with Crippen LogP contribution < -0.4 is 5.73 Å². The maximum Gasteiger partial charge on any atom is 0.319 e. The van der Waals surface area contributed by atoms with Crippen LogP contribution in [0.2, 0.25) is 0 Å². The first-order valence-corrected chi connectivity index (χ1v) is 2.17. The molecule has 0 saturated carbocycles. The molecule has 0 amide bonds. The molecule has 0 saturated heterocycles. The molecule has 0 unspecified atom stereocenters. The summed E-state index contributed by atoms with van der Waals surface area (Å²) < 4.78 is 4.43. The minimum Gasteiger partial charge on any atom is -0.465 e. The topological polar surface area (TPSA) is 52.3 Å². The smallest absolute Gasteiger partial charge is 0.319 e. The van der Waals surface area contributed by atoms with E-state index in [1.165, 1.54) is 0 Å². The summed E-state index contributed by atoms with van der Waals surface area (Å²) >= 11 is 0. The van der Waals surface area contributed by atoms with Crippen molar-refractivity contribution in [2.75, 3.05) is 13.2 Å². The summed E-state index contributed by atoms with van der Waals surface area (Å²) in [5, 5.41) is 0. The Kier molecular flexibility index (Phi) is 3.32. The molecule has 0 aromatic carbocycles. The lowest BCUT2D eigenvalue weighted by Gasteiger charge is -1.93. The molecule has 2 N–H and O–H groups in total. The SMILES string of the molecule is CCOC(=O)[13CH2]N. The van der Waals surface area contributed by atoms with Gasteiger partial charge in [-0.3, -0.25) is 4.79 Å². The first kappa shape index (κ1) is 6.43. The highest BCUT2D eigenvalue weighted by atomic mass is 16.5. The highest BCUT2D eigenvalue weighted by Gasteiger charge is 1.91. The maximum atomic E-state index is 10.1. The van der Waals surface area contributed by atoms with Gasteiger partial charge in [0.2, 0.25) is 0 Å². The number of hydrogen-bond acceptors (Lipinski definition) is 3. The maximum absolute atomic E-state index is 10.1. The van der Waals surface area contributed by atoms with Crippen molar-refractivity contribution in [1.29, 1.82) is 0 Å². The second-order valence-electron chi connectivity index (χ2n) is 1.01. The van der Waals surface area contributed by atoms with E-state index < -0.39 is 0 Å². The van der Waals surface area contributed by atoms with Crippen LogP contribution in [0.15, 0.2) is 0 Å². The minimum atomic E-state index is -0.345. The Morgan fingerprint density at radius 1 is 1.86 bits per heavy atom.